The number of ether oxygens (including phenoxy) is 1. The number of aromatic nitrogens is 3. The quantitative estimate of drug-likeness (QED) is 0.353. The number of carbonyl (C=O) groups excluding carboxylic acids is 1. The summed E-state index contributed by atoms with van der Waals surface area (Å²) in [5, 5.41) is 8.36. The minimum atomic E-state index is -0.152. The number of amides is 1. The van der Waals surface area contributed by atoms with Gasteiger partial charge in [0.2, 0.25) is 11.0 Å². The number of benzene rings is 3. The molecule has 3 aromatic carbocycles. The van der Waals surface area contributed by atoms with Crippen LogP contribution >= 0.6 is 11.3 Å². The van der Waals surface area contributed by atoms with Crippen LogP contribution in [0, 0.1) is 6.92 Å². The third kappa shape index (κ3) is 3.74. The Bertz CT molecular complexity index is 1470. The van der Waals surface area contributed by atoms with Crippen molar-refractivity contribution in [3.05, 3.63) is 101 Å². The maximum absolute atomic E-state index is 12.8. The normalized spacial score (nSPS) is 15.2. The minimum Gasteiger partial charge on any atom is -0.489 e. The topological polar surface area (TPSA) is 69.0 Å². The molecule has 0 aliphatic carbocycles. The second-order valence-electron chi connectivity index (χ2n) is 8.44. The Kier molecular flexibility index (Phi) is 5.11. The molecule has 1 unspecified atom stereocenters. The summed E-state index contributed by atoms with van der Waals surface area (Å²) in [7, 11) is 0. The molecular formula is C27H22N4O2S. The van der Waals surface area contributed by atoms with Crippen molar-refractivity contribution in [1.29, 1.82) is 0 Å². The van der Waals surface area contributed by atoms with Gasteiger partial charge in [0.05, 0.1) is 16.4 Å². The highest BCUT2D eigenvalue weighted by molar-refractivity contribution is 7.20. The molecule has 6 rings (SSSR count). The highest BCUT2D eigenvalue weighted by Crippen LogP contribution is 2.42. The molecule has 0 fully saturated rings. The van der Waals surface area contributed by atoms with E-state index in [2.05, 4.69) is 41.6 Å². The SMILES string of the molecule is Cc1ccc(COc2ccccc2C2CC(=O)Nc3c2cnn3-c2nc3ccccc3s2)cc1. The average molecular weight is 467 g/mol. The third-order valence-corrected chi connectivity index (χ3v) is 7.11. The van der Waals surface area contributed by atoms with E-state index in [-0.39, 0.29) is 11.8 Å². The van der Waals surface area contributed by atoms with Crippen molar-refractivity contribution in [3.63, 3.8) is 0 Å². The van der Waals surface area contributed by atoms with Crippen molar-refractivity contribution in [3.8, 4) is 10.9 Å². The van der Waals surface area contributed by atoms with Crippen molar-refractivity contribution in [1.82, 2.24) is 14.8 Å². The van der Waals surface area contributed by atoms with Gasteiger partial charge >= 0.3 is 0 Å². The fourth-order valence-electron chi connectivity index (χ4n) is 4.34. The van der Waals surface area contributed by atoms with Crippen LogP contribution in [0.15, 0.2) is 79.0 Å². The predicted octanol–water partition coefficient (Wildman–Crippen LogP) is 5.84. The van der Waals surface area contributed by atoms with E-state index in [1.54, 1.807) is 16.0 Å². The van der Waals surface area contributed by atoms with Crippen molar-refractivity contribution in [2.24, 2.45) is 0 Å². The number of aryl methyl sites for hydroxylation is 1. The summed E-state index contributed by atoms with van der Waals surface area (Å²) < 4.78 is 9.04. The van der Waals surface area contributed by atoms with Gasteiger partial charge in [-0.2, -0.15) is 9.78 Å². The first kappa shape index (κ1) is 20.6. The number of nitrogens with zero attached hydrogens (tertiary/aromatic N) is 3. The van der Waals surface area contributed by atoms with Crippen LogP contribution in [0.1, 0.15) is 34.6 Å². The average Bonchev–Trinajstić information content (AvgIpc) is 3.47. The first-order valence-corrected chi connectivity index (χ1v) is 12.0. The summed E-state index contributed by atoms with van der Waals surface area (Å²) in [6.45, 7) is 2.54. The van der Waals surface area contributed by atoms with Gasteiger partial charge in [0.1, 0.15) is 18.2 Å². The number of carbonyl (C=O) groups is 1. The van der Waals surface area contributed by atoms with Crippen LogP contribution in [0.3, 0.4) is 0 Å². The van der Waals surface area contributed by atoms with E-state index in [1.165, 1.54) is 5.56 Å². The van der Waals surface area contributed by atoms with Gasteiger partial charge in [-0.1, -0.05) is 71.5 Å². The molecule has 0 spiro atoms. The molecule has 7 heteroatoms. The molecule has 5 aromatic rings. The Labute approximate surface area is 200 Å². The molecule has 0 radical (unpaired) electrons. The van der Waals surface area contributed by atoms with Crippen molar-refractivity contribution in [2.75, 3.05) is 5.32 Å². The van der Waals surface area contributed by atoms with E-state index in [0.29, 0.717) is 18.8 Å². The lowest BCUT2D eigenvalue weighted by atomic mass is 9.87. The van der Waals surface area contributed by atoms with E-state index in [4.69, 9.17) is 9.72 Å². The molecule has 6 nitrogen and oxygen atoms in total. The number of fused-ring (bicyclic) bond motifs is 2. The lowest BCUT2D eigenvalue weighted by Crippen LogP contribution is -2.24. The largest absolute Gasteiger partial charge is 0.489 e. The third-order valence-electron chi connectivity index (χ3n) is 6.09. The Morgan fingerprint density at radius 3 is 2.68 bits per heavy atom. The summed E-state index contributed by atoms with van der Waals surface area (Å²) in [5.41, 5.74) is 5.18. The maximum atomic E-state index is 12.8. The molecular weight excluding hydrogens is 444 g/mol. The molecule has 1 aliphatic rings. The number of thiazole rings is 1. The van der Waals surface area contributed by atoms with Gasteiger partial charge in [-0.3, -0.25) is 4.79 Å². The Hall–Kier alpha value is -3.97. The van der Waals surface area contributed by atoms with Crippen LogP contribution in [-0.4, -0.2) is 20.7 Å². The van der Waals surface area contributed by atoms with E-state index in [0.717, 1.165) is 37.8 Å². The van der Waals surface area contributed by atoms with Gasteiger partial charge in [0, 0.05) is 23.5 Å². The lowest BCUT2D eigenvalue weighted by molar-refractivity contribution is -0.116. The summed E-state index contributed by atoms with van der Waals surface area (Å²) in [6, 6.07) is 24.2. The molecule has 0 saturated heterocycles. The lowest BCUT2D eigenvalue weighted by Gasteiger charge is -2.25. The van der Waals surface area contributed by atoms with E-state index in [9.17, 15) is 4.79 Å². The van der Waals surface area contributed by atoms with Gasteiger partial charge in [-0.15, -0.1) is 0 Å². The zero-order chi connectivity index (χ0) is 23.1. The number of anilines is 1. The van der Waals surface area contributed by atoms with Crippen molar-refractivity contribution < 1.29 is 9.53 Å². The van der Waals surface area contributed by atoms with Crippen LogP contribution < -0.4 is 10.1 Å². The van der Waals surface area contributed by atoms with Crippen LogP contribution in [0.4, 0.5) is 5.82 Å². The van der Waals surface area contributed by atoms with Gasteiger partial charge in [0.15, 0.2) is 0 Å². The highest BCUT2D eigenvalue weighted by atomic mass is 32.1. The Balaban J connectivity index is 1.35. The number of rotatable bonds is 5. The minimum absolute atomic E-state index is 0.0475. The Morgan fingerprint density at radius 1 is 1.03 bits per heavy atom. The smallest absolute Gasteiger partial charge is 0.226 e. The molecule has 1 atom stereocenters. The molecule has 1 aliphatic heterocycles. The summed E-state index contributed by atoms with van der Waals surface area (Å²) in [5.74, 6) is 1.25. The standard InChI is InChI=1S/C27H22N4O2S/c1-17-10-12-18(13-11-17)16-33-23-8-4-2-6-19(23)20-14-25(32)30-26-21(20)15-28-31(26)27-29-22-7-3-5-9-24(22)34-27/h2-13,15,20H,14,16H2,1H3,(H,30,32). The van der Waals surface area contributed by atoms with Gasteiger partial charge < -0.3 is 10.1 Å². The van der Waals surface area contributed by atoms with Crippen molar-refractivity contribution >= 4 is 33.3 Å². The first-order valence-electron chi connectivity index (χ1n) is 11.2. The highest BCUT2D eigenvalue weighted by Gasteiger charge is 2.32. The number of hydrogen-bond donors (Lipinski definition) is 1. The zero-order valence-electron chi connectivity index (χ0n) is 18.6. The van der Waals surface area contributed by atoms with Crippen molar-refractivity contribution in [2.45, 2.75) is 25.9 Å². The molecule has 0 saturated carbocycles. The van der Waals surface area contributed by atoms with Crippen LogP contribution in [0.2, 0.25) is 0 Å². The second kappa shape index (κ2) is 8.43. The predicted molar refractivity (Wildman–Crippen MR) is 134 cm³/mol. The number of nitrogens with one attached hydrogen (secondary N) is 1. The van der Waals surface area contributed by atoms with E-state index in [1.807, 2.05) is 54.7 Å². The van der Waals surface area contributed by atoms with Crippen LogP contribution in [0.25, 0.3) is 15.3 Å². The van der Waals surface area contributed by atoms with Crippen LogP contribution in [-0.2, 0) is 11.4 Å². The fourth-order valence-corrected chi connectivity index (χ4v) is 5.27. The molecule has 1 amide bonds. The Morgan fingerprint density at radius 2 is 1.82 bits per heavy atom. The zero-order valence-corrected chi connectivity index (χ0v) is 19.4. The molecule has 2 aromatic heterocycles. The molecule has 3 heterocycles. The number of hydrogen-bond acceptors (Lipinski definition) is 5. The summed E-state index contributed by atoms with van der Waals surface area (Å²) >= 11 is 1.55. The van der Waals surface area contributed by atoms with Crippen LogP contribution in [0.5, 0.6) is 5.75 Å². The number of para-hydroxylation sites is 2. The summed E-state index contributed by atoms with van der Waals surface area (Å²) in [6.07, 6.45) is 2.17. The molecule has 0 bridgehead atoms. The summed E-state index contributed by atoms with van der Waals surface area (Å²) in [4.78, 5) is 17.5. The van der Waals surface area contributed by atoms with E-state index >= 15 is 0 Å². The molecule has 168 valence electrons. The van der Waals surface area contributed by atoms with Gasteiger partial charge in [-0.25, -0.2) is 4.98 Å². The monoisotopic (exact) mass is 466 g/mol. The fraction of sp³-hybridized carbons (Fsp3) is 0.148. The second-order valence-corrected chi connectivity index (χ2v) is 9.45. The van der Waals surface area contributed by atoms with Gasteiger partial charge in [-0.05, 0) is 30.7 Å². The van der Waals surface area contributed by atoms with Gasteiger partial charge in [0.25, 0.3) is 0 Å². The first-order chi connectivity index (χ1) is 16.7. The molecule has 34 heavy (non-hydrogen) atoms. The maximum Gasteiger partial charge on any atom is 0.226 e. The molecule has 1 N–H and O–H groups in total. The van der Waals surface area contributed by atoms with E-state index < -0.39 is 0 Å².